The van der Waals surface area contributed by atoms with Gasteiger partial charge < -0.3 is 5.32 Å². The number of nitrogens with one attached hydrogen (secondary N) is 1. The summed E-state index contributed by atoms with van der Waals surface area (Å²) in [7, 11) is 2.01. The molecule has 0 unspecified atom stereocenters. The monoisotopic (exact) mass is 367 g/mol. The molecule has 0 bridgehead atoms. The van der Waals surface area contributed by atoms with Gasteiger partial charge in [-0.05, 0) is 37.0 Å². The van der Waals surface area contributed by atoms with Crippen LogP contribution in [0.5, 0.6) is 0 Å². The Hall–Kier alpha value is -3.47. The van der Waals surface area contributed by atoms with E-state index in [2.05, 4.69) is 47.6 Å². The van der Waals surface area contributed by atoms with Crippen LogP contribution in [0.1, 0.15) is 16.8 Å². The van der Waals surface area contributed by atoms with Crippen molar-refractivity contribution in [2.45, 2.75) is 19.8 Å². The molecule has 4 aromatic rings. The van der Waals surface area contributed by atoms with Gasteiger partial charge in [0.1, 0.15) is 0 Å². The minimum atomic E-state index is 0.615. The zero-order chi connectivity index (χ0) is 19.1. The predicted molar refractivity (Wildman–Crippen MR) is 112 cm³/mol. The van der Waals surface area contributed by atoms with Crippen LogP contribution >= 0.6 is 0 Å². The molecule has 138 valence electrons. The second-order valence-corrected chi connectivity index (χ2v) is 7.17. The predicted octanol–water partition coefficient (Wildman–Crippen LogP) is 4.69. The van der Waals surface area contributed by atoms with Gasteiger partial charge in [0, 0.05) is 30.1 Å². The van der Waals surface area contributed by atoms with Crippen molar-refractivity contribution >= 4 is 11.6 Å². The average molecular weight is 367 g/mol. The van der Waals surface area contributed by atoms with Crippen LogP contribution in [-0.2, 0) is 19.9 Å². The van der Waals surface area contributed by atoms with Crippen LogP contribution in [-0.4, -0.2) is 19.7 Å². The number of rotatable bonds is 3. The summed E-state index contributed by atoms with van der Waals surface area (Å²) in [5.41, 5.74) is 8.84. The fraction of sp³-hybridized carbons (Fsp3) is 0.174. The first kappa shape index (κ1) is 16.7. The van der Waals surface area contributed by atoms with Gasteiger partial charge in [0.25, 0.3) is 0 Å². The van der Waals surface area contributed by atoms with Crippen LogP contribution in [0.15, 0.2) is 60.8 Å². The molecule has 1 aliphatic rings. The smallest absolute Gasteiger partial charge is 0.227 e. The van der Waals surface area contributed by atoms with E-state index in [0.717, 1.165) is 52.3 Å². The van der Waals surface area contributed by atoms with Crippen molar-refractivity contribution in [3.63, 3.8) is 0 Å². The van der Waals surface area contributed by atoms with E-state index in [9.17, 15) is 0 Å². The fourth-order valence-electron chi connectivity index (χ4n) is 3.88. The van der Waals surface area contributed by atoms with Gasteiger partial charge in [-0.3, -0.25) is 4.68 Å². The highest BCUT2D eigenvalue weighted by atomic mass is 15.3. The zero-order valence-corrected chi connectivity index (χ0v) is 16.0. The largest absolute Gasteiger partial charge is 0.324 e. The molecule has 5 rings (SSSR count). The summed E-state index contributed by atoms with van der Waals surface area (Å²) in [5, 5.41) is 8.16. The SMILES string of the molecule is Cc1ccccc1Nc1ncc2c(n1)-c1c(nn(C)c1-c1ccccc1)CC2. The number of hydrogen-bond acceptors (Lipinski definition) is 4. The molecule has 1 N–H and O–H groups in total. The van der Waals surface area contributed by atoms with Crippen molar-refractivity contribution in [1.29, 1.82) is 0 Å². The molecule has 2 aromatic heterocycles. The number of benzene rings is 2. The maximum absolute atomic E-state index is 4.91. The molecule has 1 aliphatic carbocycles. The summed E-state index contributed by atoms with van der Waals surface area (Å²) in [5.74, 6) is 0.615. The molecule has 2 aromatic carbocycles. The third-order valence-electron chi connectivity index (χ3n) is 5.29. The topological polar surface area (TPSA) is 55.6 Å². The van der Waals surface area contributed by atoms with Crippen molar-refractivity contribution in [3.05, 3.63) is 77.6 Å². The first-order valence-corrected chi connectivity index (χ1v) is 9.51. The fourth-order valence-corrected chi connectivity index (χ4v) is 3.88. The number of para-hydroxylation sites is 1. The van der Waals surface area contributed by atoms with Crippen LogP contribution < -0.4 is 5.32 Å². The molecule has 0 saturated carbocycles. The van der Waals surface area contributed by atoms with E-state index in [0.29, 0.717) is 5.95 Å². The summed E-state index contributed by atoms with van der Waals surface area (Å²) < 4.78 is 1.98. The number of aryl methyl sites for hydroxylation is 4. The molecular weight excluding hydrogens is 346 g/mol. The van der Waals surface area contributed by atoms with Crippen LogP contribution in [0.2, 0.25) is 0 Å². The molecule has 0 atom stereocenters. The Balaban J connectivity index is 1.64. The van der Waals surface area contributed by atoms with Gasteiger partial charge in [0.15, 0.2) is 0 Å². The lowest BCUT2D eigenvalue weighted by atomic mass is 9.91. The number of anilines is 2. The normalized spacial score (nSPS) is 12.4. The second-order valence-electron chi connectivity index (χ2n) is 7.17. The summed E-state index contributed by atoms with van der Waals surface area (Å²) in [4.78, 5) is 9.48. The van der Waals surface area contributed by atoms with E-state index >= 15 is 0 Å². The van der Waals surface area contributed by atoms with Gasteiger partial charge in [-0.1, -0.05) is 48.5 Å². The second kappa shape index (κ2) is 6.60. The molecular formula is C23H21N5. The highest BCUT2D eigenvalue weighted by molar-refractivity contribution is 5.84. The molecule has 0 aliphatic heterocycles. The van der Waals surface area contributed by atoms with Gasteiger partial charge in [-0.2, -0.15) is 5.10 Å². The summed E-state index contributed by atoms with van der Waals surface area (Å²) in [6.07, 6.45) is 3.78. The first-order chi connectivity index (χ1) is 13.7. The summed E-state index contributed by atoms with van der Waals surface area (Å²) in [6, 6.07) is 18.6. The van der Waals surface area contributed by atoms with E-state index in [1.165, 1.54) is 5.56 Å². The lowest BCUT2D eigenvalue weighted by molar-refractivity contribution is 0.741. The van der Waals surface area contributed by atoms with Crippen molar-refractivity contribution in [2.75, 3.05) is 5.32 Å². The molecule has 0 saturated heterocycles. The summed E-state index contributed by atoms with van der Waals surface area (Å²) >= 11 is 0. The molecule has 0 amide bonds. The molecule has 2 heterocycles. The minimum absolute atomic E-state index is 0.615. The minimum Gasteiger partial charge on any atom is -0.324 e. The molecule has 0 radical (unpaired) electrons. The van der Waals surface area contributed by atoms with Gasteiger partial charge in [0.05, 0.1) is 17.1 Å². The third kappa shape index (κ3) is 2.76. The Kier molecular flexibility index (Phi) is 3.93. The van der Waals surface area contributed by atoms with E-state index in [1.807, 2.05) is 42.2 Å². The lowest BCUT2D eigenvalue weighted by Crippen LogP contribution is -2.08. The number of nitrogens with zero attached hydrogens (tertiary/aromatic N) is 4. The van der Waals surface area contributed by atoms with Crippen molar-refractivity contribution in [2.24, 2.45) is 7.05 Å². The first-order valence-electron chi connectivity index (χ1n) is 9.51. The molecule has 5 heteroatoms. The van der Waals surface area contributed by atoms with E-state index in [1.54, 1.807) is 0 Å². The van der Waals surface area contributed by atoms with Crippen LogP contribution in [0.25, 0.3) is 22.5 Å². The van der Waals surface area contributed by atoms with Gasteiger partial charge >= 0.3 is 0 Å². The third-order valence-corrected chi connectivity index (χ3v) is 5.29. The zero-order valence-electron chi connectivity index (χ0n) is 16.0. The molecule has 0 fully saturated rings. The average Bonchev–Trinajstić information content (AvgIpc) is 3.07. The summed E-state index contributed by atoms with van der Waals surface area (Å²) in [6.45, 7) is 2.08. The van der Waals surface area contributed by atoms with Crippen molar-refractivity contribution in [3.8, 4) is 22.5 Å². The maximum Gasteiger partial charge on any atom is 0.227 e. The highest BCUT2D eigenvalue weighted by Gasteiger charge is 2.27. The van der Waals surface area contributed by atoms with Crippen molar-refractivity contribution in [1.82, 2.24) is 19.7 Å². The van der Waals surface area contributed by atoms with Gasteiger partial charge in [-0.15, -0.1) is 0 Å². The Morgan fingerprint density at radius 3 is 2.57 bits per heavy atom. The van der Waals surface area contributed by atoms with Gasteiger partial charge in [-0.25, -0.2) is 9.97 Å². The number of fused-ring (bicyclic) bond motifs is 3. The van der Waals surface area contributed by atoms with E-state index in [-0.39, 0.29) is 0 Å². The van der Waals surface area contributed by atoms with E-state index < -0.39 is 0 Å². The maximum atomic E-state index is 4.91. The Labute approximate surface area is 164 Å². The number of hydrogen-bond donors (Lipinski definition) is 1. The van der Waals surface area contributed by atoms with Crippen molar-refractivity contribution < 1.29 is 0 Å². The molecule has 28 heavy (non-hydrogen) atoms. The standard InChI is InChI=1S/C23H21N5/c1-15-8-6-7-11-18(15)25-23-24-14-17-12-13-19-20(21(17)26-23)22(28(2)27-19)16-9-4-3-5-10-16/h3-11,14H,12-13H2,1-2H3,(H,24,25,26). The number of aromatic nitrogens is 4. The Bertz CT molecular complexity index is 1160. The molecule has 0 spiro atoms. The Morgan fingerprint density at radius 1 is 0.964 bits per heavy atom. The Morgan fingerprint density at radius 2 is 1.75 bits per heavy atom. The quantitative estimate of drug-likeness (QED) is 0.570. The van der Waals surface area contributed by atoms with Crippen LogP contribution in [0.3, 0.4) is 0 Å². The van der Waals surface area contributed by atoms with Crippen LogP contribution in [0, 0.1) is 6.92 Å². The van der Waals surface area contributed by atoms with Gasteiger partial charge in [0.2, 0.25) is 5.95 Å². The van der Waals surface area contributed by atoms with Crippen LogP contribution in [0.4, 0.5) is 11.6 Å². The lowest BCUT2D eigenvalue weighted by Gasteiger charge is -2.17. The van der Waals surface area contributed by atoms with E-state index in [4.69, 9.17) is 10.1 Å². The molecule has 5 nitrogen and oxygen atoms in total. The highest BCUT2D eigenvalue weighted by Crippen LogP contribution is 2.39.